The van der Waals surface area contributed by atoms with E-state index in [2.05, 4.69) is 5.32 Å². The van der Waals surface area contributed by atoms with Crippen LogP contribution in [0.2, 0.25) is 0 Å². The van der Waals surface area contributed by atoms with Crippen molar-refractivity contribution in [1.29, 1.82) is 0 Å². The van der Waals surface area contributed by atoms with Crippen LogP contribution in [0, 0.1) is 0 Å². The molecule has 0 radical (unpaired) electrons. The second-order valence-electron chi connectivity index (χ2n) is 3.27. The van der Waals surface area contributed by atoms with Crippen molar-refractivity contribution in [2.45, 2.75) is 0 Å². The molecule has 0 unspecified atom stereocenters. The maximum atomic E-state index is 11.1. The van der Waals surface area contributed by atoms with Gasteiger partial charge in [-0.05, 0) is 12.1 Å². The lowest BCUT2D eigenvalue weighted by Crippen LogP contribution is -2.24. The molecule has 0 saturated carbocycles. The molecule has 0 fully saturated rings. The lowest BCUT2D eigenvalue weighted by molar-refractivity contribution is -0.116. The molecule has 1 aromatic rings. The molecule has 0 aromatic heterocycles. The van der Waals surface area contributed by atoms with Gasteiger partial charge in [-0.2, -0.15) is 0 Å². The Bertz CT molecular complexity index is 430. The summed E-state index contributed by atoms with van der Waals surface area (Å²) in [6, 6.07) is 4.45. The zero-order valence-electron chi connectivity index (χ0n) is 9.92. The van der Waals surface area contributed by atoms with E-state index in [1.165, 1.54) is 37.6 Å². The topological polar surface area (TPSA) is 88.0 Å². The van der Waals surface area contributed by atoms with Gasteiger partial charge in [0.1, 0.15) is 5.75 Å². The van der Waals surface area contributed by atoms with E-state index in [0.717, 1.165) is 0 Å². The summed E-state index contributed by atoms with van der Waals surface area (Å²) in [6.45, 7) is 0.0752. The highest BCUT2D eigenvalue weighted by atomic mass is 16.5. The summed E-state index contributed by atoms with van der Waals surface area (Å²) in [4.78, 5) is 11.1. The molecule has 18 heavy (non-hydrogen) atoms. The van der Waals surface area contributed by atoms with Crippen LogP contribution in [0.4, 0.5) is 0 Å². The van der Waals surface area contributed by atoms with Gasteiger partial charge in [-0.3, -0.25) is 4.79 Å². The molecular formula is C12H15NO5. The molecule has 0 spiro atoms. The first-order valence-electron chi connectivity index (χ1n) is 5.26. The summed E-state index contributed by atoms with van der Waals surface area (Å²) in [5.41, 5.74) is 0. The van der Waals surface area contributed by atoms with Crippen molar-refractivity contribution < 1.29 is 24.5 Å². The fourth-order valence-electron chi connectivity index (χ4n) is 1.14. The summed E-state index contributed by atoms with van der Waals surface area (Å²) in [6.07, 6.45) is 2.40. The quantitative estimate of drug-likeness (QED) is 0.504. The molecule has 6 heteroatoms. The number of methoxy groups -OCH3 is 1. The van der Waals surface area contributed by atoms with E-state index < -0.39 is 0 Å². The largest absolute Gasteiger partial charge is 0.504 e. The van der Waals surface area contributed by atoms with E-state index in [1.54, 1.807) is 0 Å². The maximum Gasteiger partial charge on any atom is 0.247 e. The fourth-order valence-corrected chi connectivity index (χ4v) is 1.14. The first kappa shape index (κ1) is 13.9. The van der Waals surface area contributed by atoms with Crippen molar-refractivity contribution >= 4 is 5.91 Å². The molecule has 1 rings (SSSR count). The molecule has 6 nitrogen and oxygen atoms in total. The fraction of sp³-hybridized carbons (Fsp3) is 0.250. The second-order valence-corrected chi connectivity index (χ2v) is 3.27. The molecule has 0 aliphatic heterocycles. The average molecular weight is 253 g/mol. The number of carbonyl (C=O) groups is 1. The summed E-state index contributed by atoms with van der Waals surface area (Å²) in [5.74, 6) is 0.353. The Kier molecular flexibility index (Phi) is 5.53. The first-order chi connectivity index (χ1) is 8.67. The summed E-state index contributed by atoms with van der Waals surface area (Å²) < 4.78 is 10.1. The standard InChI is InChI=1S/C12H15NO5/c1-17-11-8-9(2-3-10(11)15)18-7-4-12(16)13-5-6-14/h2-4,7-8,14-15H,5-6H2,1H3,(H,13,16). The van der Waals surface area contributed by atoms with Crippen LogP contribution >= 0.6 is 0 Å². The van der Waals surface area contributed by atoms with Crippen LogP contribution in [0.3, 0.4) is 0 Å². The highest BCUT2D eigenvalue weighted by Gasteiger charge is 2.02. The van der Waals surface area contributed by atoms with E-state index in [9.17, 15) is 9.90 Å². The minimum atomic E-state index is -0.366. The SMILES string of the molecule is COc1cc(OC=CC(=O)NCCO)ccc1O. The van der Waals surface area contributed by atoms with Crippen molar-refractivity contribution in [3.05, 3.63) is 30.5 Å². The number of amides is 1. The first-order valence-corrected chi connectivity index (χ1v) is 5.26. The molecule has 0 bridgehead atoms. The predicted octanol–water partition coefficient (Wildman–Crippen LogP) is 0.402. The highest BCUT2D eigenvalue weighted by molar-refractivity contribution is 5.87. The van der Waals surface area contributed by atoms with Crippen molar-refractivity contribution in [2.75, 3.05) is 20.3 Å². The zero-order valence-corrected chi connectivity index (χ0v) is 9.92. The van der Waals surface area contributed by atoms with Gasteiger partial charge >= 0.3 is 0 Å². The Hall–Kier alpha value is -2.21. The smallest absolute Gasteiger partial charge is 0.247 e. The number of rotatable bonds is 6. The van der Waals surface area contributed by atoms with Gasteiger partial charge in [0.2, 0.25) is 5.91 Å². The van der Waals surface area contributed by atoms with Crippen LogP contribution in [-0.2, 0) is 4.79 Å². The number of aliphatic hydroxyl groups is 1. The summed E-state index contributed by atoms with van der Waals surface area (Å²) in [5, 5.41) is 20.3. The van der Waals surface area contributed by atoms with Crippen molar-refractivity contribution in [3.8, 4) is 17.2 Å². The zero-order chi connectivity index (χ0) is 13.4. The monoisotopic (exact) mass is 253 g/mol. The van der Waals surface area contributed by atoms with Gasteiger partial charge in [0, 0.05) is 18.7 Å². The number of carbonyl (C=O) groups excluding carboxylic acids is 1. The molecule has 0 saturated heterocycles. The Balaban J connectivity index is 2.53. The van der Waals surface area contributed by atoms with Crippen LogP contribution in [0.25, 0.3) is 0 Å². The third-order valence-corrected chi connectivity index (χ3v) is 1.99. The Morgan fingerprint density at radius 2 is 2.28 bits per heavy atom. The minimum Gasteiger partial charge on any atom is -0.504 e. The number of phenolic OH excluding ortho intramolecular Hbond substituents is 1. The number of hydrogen-bond acceptors (Lipinski definition) is 5. The third-order valence-electron chi connectivity index (χ3n) is 1.99. The number of aliphatic hydroxyl groups excluding tert-OH is 1. The van der Waals surface area contributed by atoms with E-state index in [0.29, 0.717) is 5.75 Å². The number of ether oxygens (including phenoxy) is 2. The van der Waals surface area contributed by atoms with Gasteiger partial charge < -0.3 is 25.0 Å². The van der Waals surface area contributed by atoms with Crippen molar-refractivity contribution in [2.24, 2.45) is 0 Å². The summed E-state index contributed by atoms with van der Waals surface area (Å²) in [7, 11) is 1.43. The number of benzene rings is 1. The number of nitrogens with one attached hydrogen (secondary N) is 1. The lowest BCUT2D eigenvalue weighted by Gasteiger charge is -2.05. The Morgan fingerprint density at radius 3 is 2.94 bits per heavy atom. The number of aromatic hydroxyl groups is 1. The van der Waals surface area contributed by atoms with E-state index in [-0.39, 0.29) is 30.6 Å². The van der Waals surface area contributed by atoms with Gasteiger partial charge in [-0.15, -0.1) is 0 Å². The Labute approximate surface area is 104 Å². The molecule has 0 atom stereocenters. The van der Waals surface area contributed by atoms with Crippen LogP contribution in [-0.4, -0.2) is 36.4 Å². The molecule has 1 aromatic carbocycles. The second kappa shape index (κ2) is 7.18. The third kappa shape index (κ3) is 4.34. The molecule has 0 heterocycles. The number of phenols is 1. The normalized spacial score (nSPS) is 10.3. The van der Waals surface area contributed by atoms with Crippen molar-refractivity contribution in [3.63, 3.8) is 0 Å². The van der Waals surface area contributed by atoms with Gasteiger partial charge in [-0.25, -0.2) is 0 Å². The van der Waals surface area contributed by atoms with Crippen molar-refractivity contribution in [1.82, 2.24) is 5.32 Å². The van der Waals surface area contributed by atoms with Gasteiger partial charge in [0.25, 0.3) is 0 Å². The molecule has 98 valence electrons. The van der Waals surface area contributed by atoms with Crippen LogP contribution in [0.1, 0.15) is 0 Å². The highest BCUT2D eigenvalue weighted by Crippen LogP contribution is 2.29. The summed E-state index contributed by atoms with van der Waals surface area (Å²) >= 11 is 0. The minimum absolute atomic E-state index is 0.00881. The maximum absolute atomic E-state index is 11.1. The molecule has 0 aliphatic carbocycles. The predicted molar refractivity (Wildman–Crippen MR) is 64.5 cm³/mol. The van der Waals surface area contributed by atoms with Crippen LogP contribution < -0.4 is 14.8 Å². The number of hydrogen-bond donors (Lipinski definition) is 3. The Morgan fingerprint density at radius 1 is 1.50 bits per heavy atom. The van der Waals surface area contributed by atoms with E-state index in [1.807, 2.05) is 0 Å². The van der Waals surface area contributed by atoms with Gasteiger partial charge in [-0.1, -0.05) is 0 Å². The van der Waals surface area contributed by atoms with Crippen LogP contribution in [0.15, 0.2) is 30.5 Å². The van der Waals surface area contributed by atoms with Gasteiger partial charge in [0.05, 0.1) is 20.0 Å². The average Bonchev–Trinajstić information content (AvgIpc) is 2.38. The molecule has 3 N–H and O–H groups in total. The van der Waals surface area contributed by atoms with Gasteiger partial charge in [0.15, 0.2) is 11.5 Å². The van der Waals surface area contributed by atoms with E-state index >= 15 is 0 Å². The van der Waals surface area contributed by atoms with Crippen LogP contribution in [0.5, 0.6) is 17.2 Å². The van der Waals surface area contributed by atoms with E-state index in [4.69, 9.17) is 14.6 Å². The molecule has 0 aliphatic rings. The molecular weight excluding hydrogens is 238 g/mol. The molecule has 1 amide bonds. The lowest BCUT2D eigenvalue weighted by atomic mass is 10.3.